The average molecular weight is 350 g/mol. The number of hydrogen-bond donors (Lipinski definition) is 0. The van der Waals surface area contributed by atoms with E-state index in [-0.39, 0.29) is 5.43 Å². The fourth-order valence-corrected chi connectivity index (χ4v) is 3.92. The van der Waals surface area contributed by atoms with Crippen LogP contribution in [0.15, 0.2) is 53.6 Å². The van der Waals surface area contributed by atoms with Crippen molar-refractivity contribution >= 4 is 31.5 Å². The molecule has 0 amide bonds. The van der Waals surface area contributed by atoms with Gasteiger partial charge in [0.2, 0.25) is 0 Å². The molecule has 0 bridgehead atoms. The summed E-state index contributed by atoms with van der Waals surface area (Å²) in [5.74, 6) is 0.605. The van der Waals surface area contributed by atoms with E-state index in [0.29, 0.717) is 22.5 Å². The molecule has 2 heterocycles. The van der Waals surface area contributed by atoms with Gasteiger partial charge in [0.05, 0.1) is 19.6 Å². The lowest BCUT2D eigenvalue weighted by Crippen LogP contribution is -2.03. The molecule has 0 fully saturated rings. The predicted molar refractivity (Wildman–Crippen MR) is 99.7 cm³/mol. The Balaban J connectivity index is 1.94. The van der Waals surface area contributed by atoms with Gasteiger partial charge in [-0.3, -0.25) is 4.79 Å². The zero-order chi connectivity index (χ0) is 17.4. The summed E-state index contributed by atoms with van der Waals surface area (Å²) in [6.07, 6.45) is 3.42. The molecule has 6 heteroatoms. The van der Waals surface area contributed by atoms with Crippen LogP contribution in [0.4, 0.5) is 0 Å². The molecule has 124 valence electrons. The number of fused-ring (bicyclic) bond motifs is 2. The summed E-state index contributed by atoms with van der Waals surface area (Å²) >= 11 is 1.57. The van der Waals surface area contributed by atoms with Crippen molar-refractivity contribution in [1.82, 2.24) is 9.97 Å². The highest BCUT2D eigenvalue weighted by Crippen LogP contribution is 2.32. The first-order chi connectivity index (χ1) is 12.2. The van der Waals surface area contributed by atoms with Gasteiger partial charge in [-0.2, -0.15) is 0 Å². The summed E-state index contributed by atoms with van der Waals surface area (Å²) in [7, 11) is 3.11. The highest BCUT2D eigenvalue weighted by atomic mass is 32.1. The summed E-state index contributed by atoms with van der Waals surface area (Å²) in [5.41, 5.74) is 1.81. The highest BCUT2D eigenvalue weighted by molar-refractivity contribution is 7.24. The van der Waals surface area contributed by atoms with Crippen molar-refractivity contribution in [3.63, 3.8) is 0 Å². The number of aromatic nitrogens is 2. The first kappa shape index (κ1) is 15.5. The van der Waals surface area contributed by atoms with E-state index in [0.717, 1.165) is 20.5 Å². The molecule has 2 aromatic heterocycles. The van der Waals surface area contributed by atoms with Crippen molar-refractivity contribution < 1.29 is 9.47 Å². The van der Waals surface area contributed by atoms with Crippen molar-refractivity contribution in [1.29, 1.82) is 0 Å². The Morgan fingerprint density at radius 3 is 2.44 bits per heavy atom. The standard InChI is InChI=1S/C19H14N2O3S/c1-23-14-4-3-5-15-17(14)18(22)13-7-6-11(8-16(13)25-15)12-9-20-19(24-2)21-10-12/h3-10H,1-2H3. The topological polar surface area (TPSA) is 61.3 Å². The van der Waals surface area contributed by atoms with Crippen molar-refractivity contribution in [2.24, 2.45) is 0 Å². The maximum absolute atomic E-state index is 12.9. The molecule has 25 heavy (non-hydrogen) atoms. The molecule has 0 unspecified atom stereocenters. The molecule has 0 N–H and O–H groups in total. The van der Waals surface area contributed by atoms with Gasteiger partial charge in [-0.15, -0.1) is 11.3 Å². The second-order valence-electron chi connectivity index (χ2n) is 5.43. The smallest absolute Gasteiger partial charge is 0.316 e. The second kappa shape index (κ2) is 6.14. The van der Waals surface area contributed by atoms with Crippen LogP contribution in [0, 0.1) is 0 Å². The lowest BCUT2D eigenvalue weighted by atomic mass is 10.1. The van der Waals surface area contributed by atoms with E-state index in [1.165, 1.54) is 7.11 Å². The maximum atomic E-state index is 12.9. The number of hydrogen-bond acceptors (Lipinski definition) is 6. The minimum absolute atomic E-state index is 0.0151. The van der Waals surface area contributed by atoms with Crippen molar-refractivity contribution in [3.8, 4) is 22.9 Å². The van der Waals surface area contributed by atoms with Crippen LogP contribution in [0.5, 0.6) is 11.8 Å². The number of rotatable bonds is 3. The summed E-state index contributed by atoms with van der Waals surface area (Å²) in [4.78, 5) is 21.2. The Morgan fingerprint density at radius 1 is 0.920 bits per heavy atom. The lowest BCUT2D eigenvalue weighted by molar-refractivity contribution is 0.380. The third-order valence-electron chi connectivity index (χ3n) is 4.03. The van der Waals surface area contributed by atoms with Crippen LogP contribution in [-0.2, 0) is 0 Å². The fraction of sp³-hybridized carbons (Fsp3) is 0.105. The molecule has 0 aliphatic rings. The van der Waals surface area contributed by atoms with E-state index >= 15 is 0 Å². The summed E-state index contributed by atoms with van der Waals surface area (Å²) < 4.78 is 12.2. The summed E-state index contributed by atoms with van der Waals surface area (Å²) in [6.45, 7) is 0. The maximum Gasteiger partial charge on any atom is 0.316 e. The second-order valence-corrected chi connectivity index (χ2v) is 6.52. The van der Waals surface area contributed by atoms with E-state index < -0.39 is 0 Å². The van der Waals surface area contributed by atoms with Gasteiger partial charge in [-0.05, 0) is 29.8 Å². The molecule has 0 radical (unpaired) electrons. The molecule has 4 aromatic rings. The molecule has 2 aromatic carbocycles. The van der Waals surface area contributed by atoms with Crippen LogP contribution in [0.1, 0.15) is 0 Å². The van der Waals surface area contributed by atoms with Gasteiger partial charge in [0.25, 0.3) is 0 Å². The largest absolute Gasteiger partial charge is 0.496 e. The number of nitrogens with zero attached hydrogens (tertiary/aromatic N) is 2. The van der Waals surface area contributed by atoms with E-state index in [2.05, 4.69) is 9.97 Å². The molecule has 0 saturated heterocycles. The van der Waals surface area contributed by atoms with Crippen LogP contribution < -0.4 is 14.9 Å². The molecule has 4 rings (SSSR count). The third-order valence-corrected chi connectivity index (χ3v) is 5.14. The van der Waals surface area contributed by atoms with Gasteiger partial charge in [-0.25, -0.2) is 9.97 Å². The zero-order valence-electron chi connectivity index (χ0n) is 13.6. The van der Waals surface area contributed by atoms with Gasteiger partial charge < -0.3 is 9.47 Å². The molecule has 0 saturated carbocycles. The van der Waals surface area contributed by atoms with Crippen molar-refractivity contribution in [2.45, 2.75) is 0 Å². The first-order valence-corrected chi connectivity index (χ1v) is 8.43. The molecule has 0 atom stereocenters. The van der Waals surface area contributed by atoms with Crippen LogP contribution >= 0.6 is 11.3 Å². The number of ether oxygens (including phenoxy) is 2. The summed E-state index contributed by atoms with van der Waals surface area (Å²) in [6, 6.07) is 11.7. The van der Waals surface area contributed by atoms with Gasteiger partial charge in [0, 0.05) is 32.7 Å². The van der Waals surface area contributed by atoms with Crippen LogP contribution in [0.3, 0.4) is 0 Å². The predicted octanol–water partition coefficient (Wildman–Crippen LogP) is 3.89. The SMILES string of the molecule is COc1ncc(-c2ccc3c(=O)c4c(OC)cccc4sc3c2)cn1. The minimum atomic E-state index is -0.0151. The Morgan fingerprint density at radius 2 is 1.72 bits per heavy atom. The van der Waals surface area contributed by atoms with Gasteiger partial charge in [0.1, 0.15) is 5.75 Å². The lowest BCUT2D eigenvalue weighted by Gasteiger charge is -2.07. The highest BCUT2D eigenvalue weighted by Gasteiger charge is 2.11. The normalized spacial score (nSPS) is 11.0. The average Bonchev–Trinajstić information content (AvgIpc) is 2.67. The first-order valence-electron chi connectivity index (χ1n) is 7.61. The monoisotopic (exact) mass is 350 g/mol. The van der Waals surface area contributed by atoms with Gasteiger partial charge in [0.15, 0.2) is 5.43 Å². The molecule has 0 spiro atoms. The molecule has 0 aliphatic carbocycles. The van der Waals surface area contributed by atoms with E-state index in [1.54, 1.807) is 30.8 Å². The van der Waals surface area contributed by atoms with E-state index in [4.69, 9.17) is 9.47 Å². The number of methoxy groups -OCH3 is 2. The quantitative estimate of drug-likeness (QED) is 0.525. The van der Waals surface area contributed by atoms with Crippen LogP contribution in [0.2, 0.25) is 0 Å². The Bertz CT molecular complexity index is 1140. The summed E-state index contributed by atoms with van der Waals surface area (Å²) in [5, 5.41) is 1.31. The van der Waals surface area contributed by atoms with Crippen molar-refractivity contribution in [3.05, 3.63) is 59.0 Å². The third kappa shape index (κ3) is 2.60. The molecule has 5 nitrogen and oxygen atoms in total. The Kier molecular flexibility index (Phi) is 3.82. The van der Waals surface area contributed by atoms with Crippen LogP contribution in [0.25, 0.3) is 31.3 Å². The van der Waals surface area contributed by atoms with Crippen molar-refractivity contribution in [2.75, 3.05) is 14.2 Å². The Hall–Kier alpha value is -2.99. The van der Waals surface area contributed by atoms with Crippen LogP contribution in [-0.4, -0.2) is 24.2 Å². The number of benzene rings is 2. The van der Waals surface area contributed by atoms with E-state index in [9.17, 15) is 4.79 Å². The molecular weight excluding hydrogens is 336 g/mol. The Labute approximate surface area is 147 Å². The molecule has 0 aliphatic heterocycles. The fourth-order valence-electron chi connectivity index (χ4n) is 2.79. The van der Waals surface area contributed by atoms with Gasteiger partial charge in [-0.1, -0.05) is 12.1 Å². The zero-order valence-corrected chi connectivity index (χ0v) is 14.5. The van der Waals surface area contributed by atoms with E-state index in [1.807, 2.05) is 36.4 Å². The molecular formula is C19H14N2O3S. The minimum Gasteiger partial charge on any atom is -0.496 e. The van der Waals surface area contributed by atoms with Gasteiger partial charge >= 0.3 is 6.01 Å².